The fourth-order valence-electron chi connectivity index (χ4n) is 2.70. The average molecular weight is 342 g/mol. The molecule has 0 spiro atoms. The minimum absolute atomic E-state index is 0.00438. The van der Waals surface area contributed by atoms with Crippen molar-refractivity contribution in [3.05, 3.63) is 29.8 Å². The molecule has 1 saturated carbocycles. The maximum atomic E-state index is 12.8. The number of likely N-dealkylation sites (tertiary alicyclic amines) is 1. The van der Waals surface area contributed by atoms with E-state index in [0.717, 1.165) is 17.7 Å². The molecule has 1 aliphatic carbocycles. The van der Waals surface area contributed by atoms with Crippen molar-refractivity contribution >= 4 is 17.5 Å². The predicted molar refractivity (Wildman–Crippen MR) is 79.3 cm³/mol. The van der Waals surface area contributed by atoms with Crippen LogP contribution >= 0.6 is 0 Å². The van der Waals surface area contributed by atoms with Crippen LogP contribution in [0.3, 0.4) is 0 Å². The highest BCUT2D eigenvalue weighted by Gasteiger charge is 2.57. The zero-order valence-corrected chi connectivity index (χ0v) is 12.8. The van der Waals surface area contributed by atoms with E-state index in [1.165, 1.54) is 12.1 Å². The van der Waals surface area contributed by atoms with E-state index in [1.807, 2.05) is 0 Å². The molecule has 5 nitrogen and oxygen atoms in total. The number of hydrogen-bond acceptors (Lipinski definition) is 3. The zero-order chi connectivity index (χ0) is 17.5. The molecule has 2 aliphatic rings. The quantitative estimate of drug-likeness (QED) is 0.885. The number of carbonyl (C=O) groups excluding carboxylic acids is 2. The van der Waals surface area contributed by atoms with Crippen molar-refractivity contribution in [3.63, 3.8) is 0 Å². The Labute approximate surface area is 136 Å². The molecule has 2 fully saturated rings. The molecule has 130 valence electrons. The number of benzene rings is 1. The van der Waals surface area contributed by atoms with Gasteiger partial charge in [-0.3, -0.25) is 9.59 Å². The summed E-state index contributed by atoms with van der Waals surface area (Å²) in [5.74, 6) is -0.713. The normalized spacial score (nSPS) is 24.1. The van der Waals surface area contributed by atoms with Gasteiger partial charge in [0.15, 0.2) is 5.60 Å². The van der Waals surface area contributed by atoms with Crippen LogP contribution in [0.2, 0.25) is 0 Å². The van der Waals surface area contributed by atoms with Gasteiger partial charge in [-0.15, -0.1) is 0 Å². The third-order valence-electron chi connectivity index (χ3n) is 4.39. The Morgan fingerprint density at radius 2 is 2.00 bits per heavy atom. The van der Waals surface area contributed by atoms with E-state index < -0.39 is 30.7 Å². The number of nitrogens with zero attached hydrogens (tertiary/aromatic N) is 1. The Morgan fingerprint density at radius 3 is 2.58 bits per heavy atom. The number of halogens is 3. The van der Waals surface area contributed by atoms with Gasteiger partial charge in [-0.2, -0.15) is 13.2 Å². The van der Waals surface area contributed by atoms with Crippen molar-refractivity contribution in [2.75, 3.05) is 18.4 Å². The summed E-state index contributed by atoms with van der Waals surface area (Å²) in [6.07, 6.45) is -3.63. The number of anilines is 1. The first-order valence-electron chi connectivity index (χ1n) is 7.69. The third kappa shape index (κ3) is 3.24. The van der Waals surface area contributed by atoms with Gasteiger partial charge in [0, 0.05) is 30.1 Å². The Hall–Kier alpha value is -2.09. The smallest absolute Gasteiger partial charge is 0.379 e. The largest absolute Gasteiger partial charge is 0.419 e. The molecule has 8 heteroatoms. The van der Waals surface area contributed by atoms with Crippen LogP contribution < -0.4 is 5.32 Å². The Balaban J connectivity index is 1.70. The van der Waals surface area contributed by atoms with E-state index in [1.54, 1.807) is 12.1 Å². The fraction of sp³-hybridized carbons (Fsp3) is 0.500. The number of rotatable bonds is 3. The molecular formula is C16H17F3N2O3. The van der Waals surface area contributed by atoms with Gasteiger partial charge in [0.05, 0.1) is 6.54 Å². The van der Waals surface area contributed by atoms with Crippen molar-refractivity contribution in [1.29, 1.82) is 0 Å². The summed E-state index contributed by atoms with van der Waals surface area (Å²) >= 11 is 0. The molecular weight excluding hydrogens is 325 g/mol. The van der Waals surface area contributed by atoms with Crippen molar-refractivity contribution in [2.24, 2.45) is 5.92 Å². The first-order valence-corrected chi connectivity index (χ1v) is 7.69. The van der Waals surface area contributed by atoms with E-state index >= 15 is 0 Å². The predicted octanol–water partition coefficient (Wildman–Crippen LogP) is 2.17. The Morgan fingerprint density at radius 1 is 1.29 bits per heavy atom. The van der Waals surface area contributed by atoms with Crippen molar-refractivity contribution in [1.82, 2.24) is 4.90 Å². The van der Waals surface area contributed by atoms with Crippen molar-refractivity contribution < 1.29 is 27.9 Å². The number of alkyl halides is 3. The highest BCUT2D eigenvalue weighted by molar-refractivity contribution is 5.98. The van der Waals surface area contributed by atoms with E-state index in [0.29, 0.717) is 5.69 Å². The van der Waals surface area contributed by atoms with Crippen molar-refractivity contribution in [3.8, 4) is 0 Å². The minimum Gasteiger partial charge on any atom is -0.379 e. The molecule has 3 rings (SSSR count). The van der Waals surface area contributed by atoms with Crippen LogP contribution in [0.15, 0.2) is 24.3 Å². The molecule has 1 atom stereocenters. The van der Waals surface area contributed by atoms with Crippen LogP contribution in [0.5, 0.6) is 0 Å². The lowest BCUT2D eigenvalue weighted by molar-refractivity contribution is -0.253. The van der Waals surface area contributed by atoms with E-state index in [2.05, 4.69) is 5.32 Å². The van der Waals surface area contributed by atoms with Crippen LogP contribution in [0.25, 0.3) is 0 Å². The number of β-amino-alcohol motifs (C(OH)–C–C–N with tert-alkyl or cyclic N) is 1. The number of nitrogens with one attached hydrogen (secondary N) is 1. The molecule has 1 aromatic rings. The standard InChI is InChI=1S/C16H17F3N2O3/c17-16(18,19)15(24)6-7-21(9-15)14(23)11-2-1-3-12(8-11)20-13(22)10-4-5-10/h1-3,8,10,24H,4-7,9H2,(H,20,22)/t15-/m1/s1. The van der Waals surface area contributed by atoms with Gasteiger partial charge in [0.1, 0.15) is 0 Å². The third-order valence-corrected chi connectivity index (χ3v) is 4.39. The zero-order valence-electron chi connectivity index (χ0n) is 12.8. The number of aliphatic hydroxyl groups is 1. The second-order valence-corrected chi connectivity index (χ2v) is 6.35. The molecule has 0 unspecified atom stereocenters. The van der Waals surface area contributed by atoms with Crippen LogP contribution in [0.4, 0.5) is 18.9 Å². The van der Waals surface area contributed by atoms with Crippen LogP contribution in [-0.2, 0) is 4.79 Å². The summed E-state index contributed by atoms with van der Waals surface area (Å²) in [6.45, 7) is -0.957. The first kappa shape index (κ1) is 16.8. The SMILES string of the molecule is O=C(Nc1cccc(C(=O)N2CC[C@](O)(C(F)(F)F)C2)c1)C1CC1. The lowest BCUT2D eigenvalue weighted by Gasteiger charge is -2.26. The fourth-order valence-corrected chi connectivity index (χ4v) is 2.70. The number of hydrogen-bond donors (Lipinski definition) is 2. The Bertz CT molecular complexity index is 673. The van der Waals surface area contributed by atoms with Gasteiger partial charge in [-0.1, -0.05) is 6.07 Å². The second-order valence-electron chi connectivity index (χ2n) is 6.35. The van der Waals surface area contributed by atoms with Gasteiger partial charge in [-0.05, 0) is 31.0 Å². The highest BCUT2D eigenvalue weighted by Crippen LogP contribution is 2.38. The van der Waals surface area contributed by atoms with E-state index in [4.69, 9.17) is 0 Å². The number of carbonyl (C=O) groups is 2. The van der Waals surface area contributed by atoms with Crippen LogP contribution in [-0.4, -0.2) is 46.7 Å². The minimum atomic E-state index is -4.78. The van der Waals surface area contributed by atoms with Gasteiger partial charge in [0.25, 0.3) is 5.91 Å². The molecule has 1 aliphatic heterocycles. The van der Waals surface area contributed by atoms with E-state index in [9.17, 15) is 27.9 Å². The van der Waals surface area contributed by atoms with Crippen LogP contribution in [0.1, 0.15) is 29.6 Å². The van der Waals surface area contributed by atoms with Gasteiger partial charge < -0.3 is 15.3 Å². The molecule has 2 N–H and O–H groups in total. The molecule has 0 radical (unpaired) electrons. The highest BCUT2D eigenvalue weighted by atomic mass is 19.4. The summed E-state index contributed by atoms with van der Waals surface area (Å²) in [4.78, 5) is 25.1. The maximum absolute atomic E-state index is 12.8. The molecule has 24 heavy (non-hydrogen) atoms. The molecule has 0 bridgehead atoms. The molecule has 1 aromatic carbocycles. The second kappa shape index (κ2) is 5.77. The number of amides is 2. The van der Waals surface area contributed by atoms with Gasteiger partial charge >= 0.3 is 6.18 Å². The van der Waals surface area contributed by atoms with E-state index in [-0.39, 0.29) is 23.9 Å². The summed E-state index contributed by atoms with van der Waals surface area (Å²) in [5, 5.41) is 12.4. The molecule has 2 amide bonds. The first-order chi connectivity index (χ1) is 11.2. The lowest BCUT2D eigenvalue weighted by atomic mass is 10.0. The monoisotopic (exact) mass is 342 g/mol. The topological polar surface area (TPSA) is 69.6 Å². The van der Waals surface area contributed by atoms with Gasteiger partial charge in [0.2, 0.25) is 5.91 Å². The van der Waals surface area contributed by atoms with Crippen LogP contribution in [0, 0.1) is 5.92 Å². The molecule has 1 heterocycles. The Kier molecular flexibility index (Phi) is 4.03. The summed E-state index contributed by atoms with van der Waals surface area (Å²) in [6, 6.07) is 6.09. The summed E-state index contributed by atoms with van der Waals surface area (Å²) in [7, 11) is 0. The summed E-state index contributed by atoms with van der Waals surface area (Å²) in [5.41, 5.74) is -2.25. The molecule has 1 saturated heterocycles. The summed E-state index contributed by atoms with van der Waals surface area (Å²) < 4.78 is 38.5. The maximum Gasteiger partial charge on any atom is 0.419 e. The lowest BCUT2D eigenvalue weighted by Crippen LogP contribution is -2.48. The molecule has 0 aromatic heterocycles. The van der Waals surface area contributed by atoms with Crippen molar-refractivity contribution in [2.45, 2.75) is 31.0 Å². The average Bonchev–Trinajstić information content (AvgIpc) is 3.28. The van der Waals surface area contributed by atoms with Gasteiger partial charge in [-0.25, -0.2) is 0 Å².